The Bertz CT molecular complexity index is 1070. The molecule has 32 heavy (non-hydrogen) atoms. The molecule has 7 heteroatoms. The number of benzene rings is 3. The Balaban J connectivity index is 1.84. The highest BCUT2D eigenvalue weighted by molar-refractivity contribution is 6.11. The van der Waals surface area contributed by atoms with E-state index in [9.17, 15) is 10.1 Å². The molecular formula is C25H25N3O4. The molecule has 0 radical (unpaired) electrons. The summed E-state index contributed by atoms with van der Waals surface area (Å²) in [4.78, 5) is 15.1. The van der Waals surface area contributed by atoms with Gasteiger partial charge in [-0.3, -0.25) is 15.1 Å². The Kier molecular flexibility index (Phi) is 7.97. The summed E-state index contributed by atoms with van der Waals surface area (Å²) >= 11 is 0. The molecule has 0 saturated carbocycles. The third kappa shape index (κ3) is 6.43. The van der Waals surface area contributed by atoms with Crippen molar-refractivity contribution in [2.75, 3.05) is 18.5 Å². The summed E-state index contributed by atoms with van der Waals surface area (Å²) in [5.41, 5.74) is 3.24. The number of hydrogen-bond acceptors (Lipinski definition) is 6. The summed E-state index contributed by atoms with van der Waals surface area (Å²) in [5, 5.41) is 14.2. The molecule has 0 aromatic heterocycles. The van der Waals surface area contributed by atoms with Gasteiger partial charge in [0, 0.05) is 35.8 Å². The first-order valence-corrected chi connectivity index (χ1v) is 10.3. The molecule has 0 amide bonds. The number of ether oxygens (including phenoxy) is 2. The monoisotopic (exact) mass is 431 g/mol. The van der Waals surface area contributed by atoms with Gasteiger partial charge in [-0.2, -0.15) is 0 Å². The zero-order chi connectivity index (χ0) is 22.8. The number of nitrogens with one attached hydrogen (secondary N) is 1. The topological polar surface area (TPSA) is 86.0 Å². The Hall–Kier alpha value is -4.13. The Morgan fingerprint density at radius 3 is 2.00 bits per heavy atom. The van der Waals surface area contributed by atoms with Gasteiger partial charge in [-0.05, 0) is 80.1 Å². The molecule has 1 N–H and O–H groups in total. The molecule has 3 rings (SSSR count). The maximum Gasteiger partial charge on any atom is 0.269 e. The minimum atomic E-state index is -0.417. The molecule has 0 aliphatic carbocycles. The summed E-state index contributed by atoms with van der Waals surface area (Å²) < 4.78 is 10.9. The predicted molar refractivity (Wildman–Crippen MR) is 128 cm³/mol. The molecule has 3 aromatic carbocycles. The fourth-order valence-corrected chi connectivity index (χ4v) is 2.89. The lowest BCUT2D eigenvalue weighted by atomic mass is 10.1. The molecule has 0 bridgehead atoms. The second-order valence-corrected chi connectivity index (χ2v) is 6.69. The molecule has 0 aliphatic rings. The van der Waals surface area contributed by atoms with Crippen molar-refractivity contribution in [3.05, 3.63) is 94.7 Å². The smallest absolute Gasteiger partial charge is 0.269 e. The average Bonchev–Trinajstić information content (AvgIpc) is 2.81. The van der Waals surface area contributed by atoms with Gasteiger partial charge in [-0.25, -0.2) is 0 Å². The molecule has 0 spiro atoms. The molecule has 3 aromatic rings. The van der Waals surface area contributed by atoms with E-state index in [0.717, 1.165) is 34.0 Å². The Labute approximate surface area is 187 Å². The largest absolute Gasteiger partial charge is 0.494 e. The molecular weight excluding hydrogens is 406 g/mol. The van der Waals surface area contributed by atoms with Crippen molar-refractivity contribution in [3.63, 3.8) is 0 Å². The van der Waals surface area contributed by atoms with E-state index >= 15 is 0 Å². The van der Waals surface area contributed by atoms with E-state index in [1.807, 2.05) is 68.6 Å². The van der Waals surface area contributed by atoms with Crippen LogP contribution < -0.4 is 14.8 Å². The molecule has 0 aliphatic heterocycles. The lowest BCUT2D eigenvalue weighted by Crippen LogP contribution is -1.95. The first-order valence-electron chi connectivity index (χ1n) is 10.3. The summed E-state index contributed by atoms with van der Waals surface area (Å²) in [6.45, 7) is 5.09. The standard InChI is InChI=1S/C25H25N3O4/c1-3-31-24-13-7-21(8-14-24)26-17-20(19-5-11-23(12-6-19)28(29)30)18-27-22-9-15-25(16-10-22)32-4-2/h5-18,26H,3-4H2,1-2H3/b20-17-,27-18?. The van der Waals surface area contributed by atoms with E-state index < -0.39 is 4.92 Å². The maximum atomic E-state index is 11.0. The van der Waals surface area contributed by atoms with Crippen LogP contribution in [0.5, 0.6) is 11.5 Å². The Morgan fingerprint density at radius 2 is 1.47 bits per heavy atom. The number of non-ortho nitro benzene ring substituents is 1. The van der Waals surface area contributed by atoms with Crippen molar-refractivity contribution in [2.45, 2.75) is 13.8 Å². The van der Waals surface area contributed by atoms with Gasteiger partial charge in [0.15, 0.2) is 0 Å². The van der Waals surface area contributed by atoms with E-state index in [1.165, 1.54) is 12.1 Å². The van der Waals surface area contributed by atoms with Crippen LogP contribution >= 0.6 is 0 Å². The van der Waals surface area contributed by atoms with Gasteiger partial charge in [0.1, 0.15) is 11.5 Å². The number of nitrogens with zero attached hydrogens (tertiary/aromatic N) is 2. The zero-order valence-corrected chi connectivity index (χ0v) is 18.0. The highest BCUT2D eigenvalue weighted by Crippen LogP contribution is 2.22. The maximum absolute atomic E-state index is 11.0. The lowest BCUT2D eigenvalue weighted by Gasteiger charge is -2.07. The SMILES string of the molecule is CCOc1ccc(N=C/C(=C/Nc2ccc(OCC)cc2)c2ccc([N+](=O)[O-])cc2)cc1. The van der Waals surface area contributed by atoms with Crippen molar-refractivity contribution in [1.29, 1.82) is 0 Å². The van der Waals surface area contributed by atoms with Gasteiger partial charge in [-0.15, -0.1) is 0 Å². The van der Waals surface area contributed by atoms with E-state index in [0.29, 0.717) is 13.2 Å². The highest BCUT2D eigenvalue weighted by Gasteiger charge is 2.06. The van der Waals surface area contributed by atoms with Gasteiger partial charge in [0.25, 0.3) is 5.69 Å². The van der Waals surface area contributed by atoms with Crippen LogP contribution in [0.4, 0.5) is 17.1 Å². The number of hydrogen-bond donors (Lipinski definition) is 1. The molecule has 0 saturated heterocycles. The number of aliphatic imine (C=N–C) groups is 1. The molecule has 0 atom stereocenters. The van der Waals surface area contributed by atoms with Crippen LogP contribution in [0, 0.1) is 10.1 Å². The van der Waals surface area contributed by atoms with Gasteiger partial charge in [0.2, 0.25) is 0 Å². The molecule has 7 nitrogen and oxygen atoms in total. The fraction of sp³-hybridized carbons (Fsp3) is 0.160. The second kappa shape index (κ2) is 11.3. The van der Waals surface area contributed by atoms with Crippen LogP contribution in [0.1, 0.15) is 19.4 Å². The van der Waals surface area contributed by atoms with Gasteiger partial charge >= 0.3 is 0 Å². The summed E-state index contributed by atoms with van der Waals surface area (Å²) in [5.74, 6) is 1.59. The average molecular weight is 431 g/mol. The minimum absolute atomic E-state index is 0.0380. The van der Waals surface area contributed by atoms with Crippen LogP contribution in [-0.4, -0.2) is 24.4 Å². The number of nitro benzene ring substituents is 1. The quantitative estimate of drug-likeness (QED) is 0.233. The minimum Gasteiger partial charge on any atom is -0.494 e. The molecule has 0 unspecified atom stereocenters. The summed E-state index contributed by atoms with van der Waals surface area (Å²) in [6, 6.07) is 21.4. The second-order valence-electron chi connectivity index (χ2n) is 6.69. The zero-order valence-electron chi connectivity index (χ0n) is 18.0. The van der Waals surface area contributed by atoms with Crippen molar-refractivity contribution < 1.29 is 14.4 Å². The van der Waals surface area contributed by atoms with Crippen LogP contribution in [0.3, 0.4) is 0 Å². The van der Waals surface area contributed by atoms with Gasteiger partial charge in [0.05, 0.1) is 23.8 Å². The molecule has 164 valence electrons. The summed E-state index contributed by atoms with van der Waals surface area (Å²) in [6.07, 6.45) is 3.54. The molecule has 0 fully saturated rings. The van der Waals surface area contributed by atoms with E-state index in [-0.39, 0.29) is 5.69 Å². The lowest BCUT2D eigenvalue weighted by molar-refractivity contribution is -0.384. The van der Waals surface area contributed by atoms with Crippen LogP contribution in [0.25, 0.3) is 5.57 Å². The van der Waals surface area contributed by atoms with Crippen LogP contribution in [-0.2, 0) is 0 Å². The Morgan fingerprint density at radius 1 is 0.906 bits per heavy atom. The van der Waals surface area contributed by atoms with Crippen LogP contribution in [0.15, 0.2) is 84.0 Å². The third-order valence-corrected chi connectivity index (χ3v) is 4.47. The molecule has 0 heterocycles. The van der Waals surface area contributed by atoms with E-state index in [2.05, 4.69) is 10.3 Å². The number of nitro groups is 1. The third-order valence-electron chi connectivity index (χ3n) is 4.47. The van der Waals surface area contributed by atoms with Gasteiger partial charge in [-0.1, -0.05) is 0 Å². The van der Waals surface area contributed by atoms with E-state index in [1.54, 1.807) is 18.3 Å². The van der Waals surface area contributed by atoms with Crippen molar-refractivity contribution in [2.24, 2.45) is 4.99 Å². The van der Waals surface area contributed by atoms with Crippen molar-refractivity contribution >= 4 is 28.8 Å². The van der Waals surface area contributed by atoms with Gasteiger partial charge < -0.3 is 14.8 Å². The van der Waals surface area contributed by atoms with E-state index in [4.69, 9.17) is 9.47 Å². The van der Waals surface area contributed by atoms with Crippen molar-refractivity contribution in [1.82, 2.24) is 0 Å². The number of anilines is 1. The van der Waals surface area contributed by atoms with Crippen LogP contribution in [0.2, 0.25) is 0 Å². The number of rotatable bonds is 10. The first-order chi connectivity index (χ1) is 15.6. The van der Waals surface area contributed by atoms with Crippen molar-refractivity contribution in [3.8, 4) is 11.5 Å². The highest BCUT2D eigenvalue weighted by atomic mass is 16.6. The normalized spacial score (nSPS) is 11.4. The predicted octanol–water partition coefficient (Wildman–Crippen LogP) is 6.25. The number of allylic oxidation sites excluding steroid dienone is 1. The fourth-order valence-electron chi connectivity index (χ4n) is 2.89. The summed E-state index contributed by atoms with van der Waals surface area (Å²) in [7, 11) is 0. The first kappa shape index (κ1) is 22.6.